The van der Waals surface area contributed by atoms with Crippen LogP contribution in [0.1, 0.15) is 11.1 Å². The van der Waals surface area contributed by atoms with E-state index < -0.39 is 0 Å². The average molecular weight is 155 g/mol. The largest absolute Gasteiger partial charge is 0.291 e. The Bertz CT molecular complexity index is 250. The minimum absolute atomic E-state index is 0.279. The summed E-state index contributed by atoms with van der Waals surface area (Å²) in [7, 11) is 0. The van der Waals surface area contributed by atoms with Gasteiger partial charge in [-0.25, -0.2) is 4.39 Å². The van der Waals surface area contributed by atoms with Crippen molar-refractivity contribution in [2.45, 2.75) is 13.8 Å². The second-order valence-corrected chi connectivity index (χ2v) is 2.53. The van der Waals surface area contributed by atoms with Gasteiger partial charge in [0.05, 0.1) is 5.69 Å². The van der Waals surface area contributed by atoms with Crippen molar-refractivity contribution in [2.75, 3.05) is 5.48 Å². The molecule has 0 fully saturated rings. The Morgan fingerprint density at radius 1 is 1.27 bits per heavy atom. The Morgan fingerprint density at radius 3 is 2.09 bits per heavy atom. The van der Waals surface area contributed by atoms with Gasteiger partial charge in [-0.1, -0.05) is 0 Å². The molecule has 1 aromatic rings. The van der Waals surface area contributed by atoms with Gasteiger partial charge in [-0.3, -0.25) is 10.7 Å². The van der Waals surface area contributed by atoms with Crippen LogP contribution in [0.5, 0.6) is 0 Å². The van der Waals surface area contributed by atoms with Gasteiger partial charge in [-0.05, 0) is 37.1 Å². The molecule has 0 amide bonds. The molecule has 1 aromatic carbocycles. The van der Waals surface area contributed by atoms with Crippen LogP contribution in [-0.2, 0) is 0 Å². The highest BCUT2D eigenvalue weighted by atomic mass is 19.1. The van der Waals surface area contributed by atoms with Crippen LogP contribution in [0.2, 0.25) is 0 Å². The van der Waals surface area contributed by atoms with Crippen LogP contribution in [0, 0.1) is 19.7 Å². The second kappa shape index (κ2) is 2.88. The van der Waals surface area contributed by atoms with Crippen molar-refractivity contribution >= 4 is 5.69 Å². The van der Waals surface area contributed by atoms with Gasteiger partial charge in [0.2, 0.25) is 0 Å². The third-order valence-electron chi connectivity index (χ3n) is 1.61. The zero-order valence-electron chi connectivity index (χ0n) is 6.48. The van der Waals surface area contributed by atoms with Gasteiger partial charge in [0.15, 0.2) is 0 Å². The van der Waals surface area contributed by atoms with Gasteiger partial charge >= 0.3 is 0 Å². The number of anilines is 1. The monoisotopic (exact) mass is 155 g/mol. The van der Waals surface area contributed by atoms with Gasteiger partial charge in [-0.15, -0.1) is 0 Å². The molecule has 0 saturated carbocycles. The number of hydrogen-bond donors (Lipinski definition) is 2. The first-order chi connectivity index (χ1) is 5.15. The van der Waals surface area contributed by atoms with E-state index in [2.05, 4.69) is 0 Å². The molecular formula is C8H10FNO. The standard InChI is InChI=1S/C8H10FNO/c1-5-3-7(9)4-6(2)8(5)10-11/h3-4,10-11H,1-2H3. The Kier molecular flexibility index (Phi) is 2.10. The number of rotatable bonds is 1. The summed E-state index contributed by atoms with van der Waals surface area (Å²) in [6.45, 7) is 3.46. The first kappa shape index (κ1) is 8.01. The van der Waals surface area contributed by atoms with Crippen molar-refractivity contribution in [2.24, 2.45) is 0 Å². The second-order valence-electron chi connectivity index (χ2n) is 2.53. The molecule has 0 aliphatic heterocycles. The quantitative estimate of drug-likeness (QED) is 0.609. The Morgan fingerprint density at radius 2 is 1.73 bits per heavy atom. The van der Waals surface area contributed by atoms with E-state index in [1.807, 2.05) is 5.48 Å². The Balaban J connectivity index is 3.25. The van der Waals surface area contributed by atoms with E-state index in [1.54, 1.807) is 13.8 Å². The minimum atomic E-state index is -0.279. The zero-order valence-corrected chi connectivity index (χ0v) is 6.48. The van der Waals surface area contributed by atoms with E-state index in [4.69, 9.17) is 5.21 Å². The number of halogens is 1. The summed E-state index contributed by atoms with van der Waals surface area (Å²) in [5, 5.41) is 8.62. The highest BCUT2D eigenvalue weighted by molar-refractivity contribution is 5.55. The lowest BCUT2D eigenvalue weighted by Gasteiger charge is -2.06. The molecule has 2 nitrogen and oxygen atoms in total. The molecule has 0 bridgehead atoms. The molecule has 0 saturated heterocycles. The molecule has 1 rings (SSSR count). The number of hydrogen-bond acceptors (Lipinski definition) is 2. The van der Waals surface area contributed by atoms with Gasteiger partial charge in [0.1, 0.15) is 5.82 Å². The van der Waals surface area contributed by atoms with Crippen LogP contribution in [0.3, 0.4) is 0 Å². The van der Waals surface area contributed by atoms with E-state index in [0.717, 1.165) is 0 Å². The fourth-order valence-electron chi connectivity index (χ4n) is 1.09. The van der Waals surface area contributed by atoms with Crippen molar-refractivity contribution < 1.29 is 9.60 Å². The molecule has 0 atom stereocenters. The summed E-state index contributed by atoms with van der Waals surface area (Å²) in [6, 6.07) is 2.73. The first-order valence-electron chi connectivity index (χ1n) is 3.32. The number of nitrogens with one attached hydrogen (secondary N) is 1. The Hall–Kier alpha value is -1.09. The maximum Gasteiger partial charge on any atom is 0.123 e. The molecule has 0 aliphatic rings. The van der Waals surface area contributed by atoms with E-state index in [-0.39, 0.29) is 5.82 Å². The smallest absolute Gasteiger partial charge is 0.123 e. The molecule has 0 aliphatic carbocycles. The van der Waals surface area contributed by atoms with Crippen molar-refractivity contribution in [1.82, 2.24) is 0 Å². The van der Waals surface area contributed by atoms with Gasteiger partial charge in [0.25, 0.3) is 0 Å². The van der Waals surface area contributed by atoms with E-state index in [0.29, 0.717) is 16.8 Å². The third-order valence-corrected chi connectivity index (χ3v) is 1.61. The van der Waals surface area contributed by atoms with Crippen LogP contribution < -0.4 is 5.48 Å². The summed E-state index contributed by atoms with van der Waals surface area (Å²) in [5.41, 5.74) is 4.00. The topological polar surface area (TPSA) is 32.3 Å². The molecule has 60 valence electrons. The average Bonchev–Trinajstić information content (AvgIpc) is 1.85. The highest BCUT2D eigenvalue weighted by Gasteiger charge is 2.02. The molecule has 0 aromatic heterocycles. The van der Waals surface area contributed by atoms with E-state index in [9.17, 15) is 4.39 Å². The molecule has 0 spiro atoms. The van der Waals surface area contributed by atoms with Crippen molar-refractivity contribution in [3.63, 3.8) is 0 Å². The van der Waals surface area contributed by atoms with Crippen LogP contribution in [0.25, 0.3) is 0 Å². The van der Waals surface area contributed by atoms with Gasteiger partial charge in [0, 0.05) is 0 Å². The van der Waals surface area contributed by atoms with Crippen molar-refractivity contribution in [3.05, 3.63) is 29.1 Å². The summed E-state index contributed by atoms with van der Waals surface area (Å²) >= 11 is 0. The van der Waals surface area contributed by atoms with Gasteiger partial charge in [-0.2, -0.15) is 0 Å². The molecule has 0 heterocycles. The van der Waals surface area contributed by atoms with Crippen LogP contribution in [0.15, 0.2) is 12.1 Å². The van der Waals surface area contributed by atoms with Gasteiger partial charge < -0.3 is 0 Å². The summed E-state index contributed by atoms with van der Waals surface area (Å²) in [4.78, 5) is 0. The van der Waals surface area contributed by atoms with Crippen LogP contribution >= 0.6 is 0 Å². The normalized spacial score (nSPS) is 9.82. The summed E-state index contributed by atoms with van der Waals surface area (Å²) in [5.74, 6) is -0.279. The molecule has 0 radical (unpaired) electrons. The maximum atomic E-state index is 12.6. The predicted octanol–water partition coefficient (Wildman–Crippen LogP) is 2.24. The maximum absolute atomic E-state index is 12.6. The van der Waals surface area contributed by atoms with E-state index in [1.165, 1.54) is 12.1 Å². The van der Waals surface area contributed by atoms with Crippen LogP contribution in [0.4, 0.5) is 10.1 Å². The predicted molar refractivity (Wildman–Crippen MR) is 41.3 cm³/mol. The molecular weight excluding hydrogens is 145 g/mol. The number of aryl methyl sites for hydroxylation is 2. The zero-order chi connectivity index (χ0) is 8.43. The molecule has 2 N–H and O–H groups in total. The lowest BCUT2D eigenvalue weighted by molar-refractivity contribution is 0.387. The van der Waals surface area contributed by atoms with Crippen molar-refractivity contribution in [3.8, 4) is 0 Å². The third kappa shape index (κ3) is 1.49. The first-order valence-corrected chi connectivity index (χ1v) is 3.32. The fraction of sp³-hybridized carbons (Fsp3) is 0.250. The summed E-state index contributed by atoms with van der Waals surface area (Å²) in [6.07, 6.45) is 0. The lowest BCUT2D eigenvalue weighted by atomic mass is 10.1. The molecule has 0 unspecified atom stereocenters. The molecule has 3 heteroatoms. The summed E-state index contributed by atoms with van der Waals surface area (Å²) < 4.78 is 12.6. The fourth-order valence-corrected chi connectivity index (χ4v) is 1.09. The highest BCUT2D eigenvalue weighted by Crippen LogP contribution is 2.20. The van der Waals surface area contributed by atoms with Crippen LogP contribution in [-0.4, -0.2) is 5.21 Å². The SMILES string of the molecule is Cc1cc(F)cc(C)c1NO. The minimum Gasteiger partial charge on any atom is -0.291 e. The molecule has 11 heavy (non-hydrogen) atoms. The van der Waals surface area contributed by atoms with Crippen molar-refractivity contribution in [1.29, 1.82) is 0 Å². The Labute approximate surface area is 64.6 Å². The lowest BCUT2D eigenvalue weighted by Crippen LogP contribution is -1.96. The number of benzene rings is 1. The van der Waals surface area contributed by atoms with E-state index >= 15 is 0 Å².